The van der Waals surface area contributed by atoms with Crippen molar-refractivity contribution in [2.45, 2.75) is 43.7 Å². The lowest BCUT2D eigenvalue weighted by Crippen LogP contribution is -2.52. The molecule has 1 aliphatic heterocycles. The van der Waals surface area contributed by atoms with Gasteiger partial charge in [0.2, 0.25) is 0 Å². The first-order valence-corrected chi connectivity index (χ1v) is 9.00. The zero-order valence-electron chi connectivity index (χ0n) is 13.7. The third kappa shape index (κ3) is 4.19. The molecule has 1 heterocycles. The van der Waals surface area contributed by atoms with E-state index in [0.29, 0.717) is 25.1 Å². The normalized spacial score (nSPS) is 22.5. The Morgan fingerprint density at radius 2 is 2.00 bits per heavy atom. The Morgan fingerprint density at radius 1 is 1.35 bits per heavy atom. The first-order valence-electron chi connectivity index (χ1n) is 7.78. The lowest BCUT2D eigenvalue weighted by molar-refractivity contribution is -0.151. The van der Waals surface area contributed by atoms with Crippen LogP contribution in [0.15, 0.2) is 29.2 Å². The van der Waals surface area contributed by atoms with Crippen LogP contribution in [0.4, 0.5) is 0 Å². The molecular formula is C17H23NO4S. The molecule has 0 saturated carbocycles. The van der Waals surface area contributed by atoms with Gasteiger partial charge in [0.15, 0.2) is 6.10 Å². The van der Waals surface area contributed by atoms with Crippen molar-refractivity contribution >= 4 is 23.6 Å². The number of amides is 1. The van der Waals surface area contributed by atoms with Crippen molar-refractivity contribution in [1.29, 1.82) is 0 Å². The van der Waals surface area contributed by atoms with Crippen molar-refractivity contribution in [3.05, 3.63) is 24.3 Å². The van der Waals surface area contributed by atoms with Gasteiger partial charge in [-0.2, -0.15) is 0 Å². The van der Waals surface area contributed by atoms with Gasteiger partial charge in [0.25, 0.3) is 5.91 Å². The number of carboxylic acids is 1. The third-order valence-electron chi connectivity index (χ3n) is 4.31. The number of carbonyl (C=O) groups is 2. The quantitative estimate of drug-likeness (QED) is 0.837. The number of likely N-dealkylation sites (tertiary alicyclic amines) is 1. The number of carboxylic acid groups (broad SMARTS) is 1. The van der Waals surface area contributed by atoms with Crippen molar-refractivity contribution < 1.29 is 19.4 Å². The molecule has 1 fully saturated rings. The summed E-state index contributed by atoms with van der Waals surface area (Å²) >= 11 is 1.64. The van der Waals surface area contributed by atoms with Crippen LogP contribution < -0.4 is 4.74 Å². The lowest BCUT2D eigenvalue weighted by atomic mass is 9.90. The van der Waals surface area contributed by atoms with Gasteiger partial charge in [-0.15, -0.1) is 11.8 Å². The second kappa shape index (κ2) is 7.73. The molecule has 5 nitrogen and oxygen atoms in total. The number of aliphatic carboxylic acids is 1. The summed E-state index contributed by atoms with van der Waals surface area (Å²) in [4.78, 5) is 26.7. The van der Waals surface area contributed by atoms with E-state index in [0.717, 1.165) is 4.90 Å². The van der Waals surface area contributed by atoms with E-state index in [4.69, 9.17) is 4.74 Å². The predicted octanol–water partition coefficient (Wildman–Crippen LogP) is 2.89. The van der Waals surface area contributed by atoms with Gasteiger partial charge in [-0.1, -0.05) is 0 Å². The van der Waals surface area contributed by atoms with Gasteiger partial charge in [0, 0.05) is 17.5 Å². The Hall–Kier alpha value is -1.69. The van der Waals surface area contributed by atoms with E-state index < -0.39 is 18.0 Å². The first kappa shape index (κ1) is 17.7. The van der Waals surface area contributed by atoms with Crippen molar-refractivity contribution in [3.63, 3.8) is 0 Å². The molecule has 6 heteroatoms. The summed E-state index contributed by atoms with van der Waals surface area (Å²) in [7, 11) is 0. The fourth-order valence-corrected chi connectivity index (χ4v) is 3.33. The summed E-state index contributed by atoms with van der Waals surface area (Å²) in [5, 5.41) is 9.26. The fraction of sp³-hybridized carbons (Fsp3) is 0.529. The van der Waals surface area contributed by atoms with Crippen molar-refractivity contribution in [1.82, 2.24) is 4.90 Å². The van der Waals surface area contributed by atoms with Gasteiger partial charge in [0.1, 0.15) is 5.75 Å². The molecule has 1 amide bonds. The van der Waals surface area contributed by atoms with Gasteiger partial charge < -0.3 is 14.7 Å². The van der Waals surface area contributed by atoms with E-state index in [1.54, 1.807) is 30.5 Å². The molecule has 0 bridgehead atoms. The molecule has 1 aromatic rings. The van der Waals surface area contributed by atoms with Crippen molar-refractivity contribution in [2.24, 2.45) is 5.92 Å². The Balaban J connectivity index is 2.01. The number of nitrogens with zero attached hydrogens (tertiary/aromatic N) is 1. The molecular weight excluding hydrogens is 314 g/mol. The second-order valence-corrected chi connectivity index (χ2v) is 6.67. The number of benzene rings is 1. The molecule has 126 valence electrons. The van der Waals surface area contributed by atoms with E-state index in [-0.39, 0.29) is 11.9 Å². The van der Waals surface area contributed by atoms with Crippen LogP contribution in [-0.4, -0.2) is 46.8 Å². The standard InChI is InChI=1S/C17H23NO4S/c1-11-15(17(20)21)5-4-10-18(11)16(19)12(2)22-13-6-8-14(23-3)9-7-13/h6-9,11-12,15H,4-5,10H2,1-3H3,(H,20,21)/t11-,12?,15-/m0/s1. The highest BCUT2D eigenvalue weighted by atomic mass is 32.2. The predicted molar refractivity (Wildman–Crippen MR) is 89.8 cm³/mol. The van der Waals surface area contributed by atoms with E-state index in [9.17, 15) is 14.7 Å². The lowest BCUT2D eigenvalue weighted by Gasteiger charge is -2.38. The van der Waals surface area contributed by atoms with E-state index in [1.165, 1.54) is 0 Å². The Morgan fingerprint density at radius 3 is 2.57 bits per heavy atom. The topological polar surface area (TPSA) is 66.8 Å². The molecule has 1 unspecified atom stereocenters. The molecule has 2 rings (SSSR count). The maximum atomic E-state index is 12.6. The van der Waals surface area contributed by atoms with Crippen LogP contribution >= 0.6 is 11.8 Å². The van der Waals surface area contributed by atoms with Crippen LogP contribution in [0.1, 0.15) is 26.7 Å². The van der Waals surface area contributed by atoms with Gasteiger partial charge >= 0.3 is 5.97 Å². The monoisotopic (exact) mass is 337 g/mol. The summed E-state index contributed by atoms with van der Waals surface area (Å²) in [5.74, 6) is -0.850. The molecule has 0 aromatic heterocycles. The number of thioether (sulfide) groups is 1. The maximum Gasteiger partial charge on any atom is 0.308 e. The molecule has 0 spiro atoms. The van der Waals surface area contributed by atoms with Crippen LogP contribution in [0.25, 0.3) is 0 Å². The third-order valence-corrected chi connectivity index (χ3v) is 5.05. The summed E-state index contributed by atoms with van der Waals surface area (Å²) in [6.45, 7) is 4.10. The smallest absolute Gasteiger partial charge is 0.308 e. The molecule has 1 saturated heterocycles. The molecule has 1 aromatic carbocycles. The summed E-state index contributed by atoms with van der Waals surface area (Å²) < 4.78 is 5.73. The molecule has 0 radical (unpaired) electrons. The second-order valence-electron chi connectivity index (χ2n) is 5.79. The molecule has 0 aliphatic carbocycles. The van der Waals surface area contributed by atoms with Gasteiger partial charge in [-0.05, 0) is 57.2 Å². The minimum absolute atomic E-state index is 0.155. The first-order chi connectivity index (χ1) is 10.9. The Kier molecular flexibility index (Phi) is 5.93. The average Bonchev–Trinajstić information content (AvgIpc) is 2.54. The molecule has 23 heavy (non-hydrogen) atoms. The maximum absolute atomic E-state index is 12.6. The highest BCUT2D eigenvalue weighted by Gasteiger charge is 2.37. The largest absolute Gasteiger partial charge is 0.481 e. The van der Waals surface area contributed by atoms with Crippen molar-refractivity contribution in [2.75, 3.05) is 12.8 Å². The van der Waals surface area contributed by atoms with E-state index >= 15 is 0 Å². The van der Waals surface area contributed by atoms with Crippen molar-refractivity contribution in [3.8, 4) is 5.75 Å². The van der Waals surface area contributed by atoms with Gasteiger partial charge in [-0.3, -0.25) is 9.59 Å². The summed E-state index contributed by atoms with van der Waals surface area (Å²) in [5.41, 5.74) is 0. The van der Waals surface area contributed by atoms with Crippen LogP contribution in [0.5, 0.6) is 5.75 Å². The van der Waals surface area contributed by atoms with Gasteiger partial charge in [-0.25, -0.2) is 0 Å². The number of ether oxygens (including phenoxy) is 1. The Labute approximate surface area is 141 Å². The summed E-state index contributed by atoms with van der Waals surface area (Å²) in [6, 6.07) is 7.27. The zero-order chi connectivity index (χ0) is 17.0. The Bertz CT molecular complexity index is 560. The highest BCUT2D eigenvalue weighted by molar-refractivity contribution is 7.98. The van der Waals surface area contributed by atoms with Crippen LogP contribution in [-0.2, 0) is 9.59 Å². The number of hydrogen-bond acceptors (Lipinski definition) is 4. The fourth-order valence-electron chi connectivity index (χ4n) is 2.93. The number of hydrogen-bond donors (Lipinski definition) is 1. The number of carbonyl (C=O) groups excluding carboxylic acids is 1. The number of rotatable bonds is 5. The average molecular weight is 337 g/mol. The molecule has 3 atom stereocenters. The van der Waals surface area contributed by atoms with Gasteiger partial charge in [0.05, 0.1) is 5.92 Å². The zero-order valence-corrected chi connectivity index (χ0v) is 14.5. The number of piperidine rings is 1. The van der Waals surface area contributed by atoms with Crippen LogP contribution in [0.3, 0.4) is 0 Å². The molecule has 1 N–H and O–H groups in total. The van der Waals surface area contributed by atoms with E-state index in [1.807, 2.05) is 30.5 Å². The minimum Gasteiger partial charge on any atom is -0.481 e. The molecule has 1 aliphatic rings. The van der Waals surface area contributed by atoms with Crippen LogP contribution in [0.2, 0.25) is 0 Å². The summed E-state index contributed by atoms with van der Waals surface area (Å²) in [6.07, 6.45) is 2.69. The van der Waals surface area contributed by atoms with E-state index in [2.05, 4.69) is 0 Å². The van der Waals surface area contributed by atoms with Crippen LogP contribution in [0, 0.1) is 5.92 Å². The SMILES string of the molecule is CSc1ccc(OC(C)C(=O)N2CCC[C@H](C(=O)O)[C@@H]2C)cc1. The minimum atomic E-state index is -0.837. The highest BCUT2D eigenvalue weighted by Crippen LogP contribution is 2.25.